The second-order valence-electron chi connectivity index (χ2n) is 1.72. The average Bonchev–Trinajstić information content (AvgIpc) is 1.82. The Labute approximate surface area is 61.6 Å². The third-order valence-electron chi connectivity index (χ3n) is 0.969. The SMILES string of the molecule is O=C1CC(=O)N([O-])C(=S)N1. The highest BCUT2D eigenvalue weighted by Crippen LogP contribution is 1.99. The lowest BCUT2D eigenvalue weighted by molar-refractivity contribution is -0.133. The molecule has 0 radical (unpaired) electrons. The van der Waals surface area contributed by atoms with Crippen LogP contribution >= 0.6 is 12.2 Å². The first kappa shape index (κ1) is 7.10. The number of carbonyl (C=O) groups excluding carboxylic acids is 2. The van der Waals surface area contributed by atoms with Gasteiger partial charge in [-0.1, -0.05) is 0 Å². The number of hydroxylamine groups is 2. The summed E-state index contributed by atoms with van der Waals surface area (Å²) in [6.45, 7) is 0. The Morgan fingerprint density at radius 1 is 1.60 bits per heavy atom. The fourth-order valence-electron chi connectivity index (χ4n) is 0.537. The van der Waals surface area contributed by atoms with Crippen LogP contribution in [-0.4, -0.2) is 22.0 Å². The van der Waals surface area contributed by atoms with Gasteiger partial charge in [0.1, 0.15) is 6.42 Å². The third-order valence-corrected chi connectivity index (χ3v) is 1.24. The van der Waals surface area contributed by atoms with E-state index in [1.165, 1.54) is 0 Å². The van der Waals surface area contributed by atoms with Gasteiger partial charge in [0.05, 0.1) is 0 Å². The molecule has 1 saturated heterocycles. The highest BCUT2D eigenvalue weighted by Gasteiger charge is 2.20. The van der Waals surface area contributed by atoms with Crippen LogP contribution in [0.5, 0.6) is 0 Å². The van der Waals surface area contributed by atoms with Crippen molar-refractivity contribution < 1.29 is 9.59 Å². The number of nitrogens with zero attached hydrogens (tertiary/aromatic N) is 1. The Kier molecular flexibility index (Phi) is 1.64. The Hall–Kier alpha value is -1.01. The lowest BCUT2D eigenvalue weighted by Crippen LogP contribution is -2.49. The fraction of sp³-hybridized carbons (Fsp3) is 0.250. The van der Waals surface area contributed by atoms with Gasteiger partial charge in [-0.2, -0.15) is 0 Å². The minimum atomic E-state index is -0.811. The number of hydrogen-bond acceptors (Lipinski definition) is 4. The smallest absolute Gasteiger partial charge is 0.235 e. The molecule has 1 heterocycles. The normalized spacial score (nSPS) is 19.3. The van der Waals surface area contributed by atoms with Crippen LogP contribution in [-0.2, 0) is 9.59 Å². The monoisotopic (exact) mass is 159 g/mol. The molecule has 1 N–H and O–H groups in total. The lowest BCUT2D eigenvalue weighted by atomic mass is 10.3. The van der Waals surface area contributed by atoms with Gasteiger partial charge in [-0.25, -0.2) is 0 Å². The molecule has 0 aliphatic carbocycles. The lowest BCUT2D eigenvalue weighted by Gasteiger charge is -2.31. The van der Waals surface area contributed by atoms with Crippen molar-refractivity contribution in [3.63, 3.8) is 0 Å². The van der Waals surface area contributed by atoms with E-state index >= 15 is 0 Å². The van der Waals surface area contributed by atoms with Crippen LogP contribution in [0, 0.1) is 5.21 Å². The molecule has 0 aromatic carbocycles. The summed E-state index contributed by atoms with van der Waals surface area (Å²) >= 11 is 4.34. The molecule has 0 aromatic rings. The van der Waals surface area contributed by atoms with Crippen LogP contribution in [0.15, 0.2) is 0 Å². The summed E-state index contributed by atoms with van der Waals surface area (Å²) in [6, 6.07) is 0. The molecule has 0 atom stereocenters. The minimum absolute atomic E-state index is 0.00324. The van der Waals surface area contributed by atoms with Crippen molar-refractivity contribution >= 4 is 29.1 Å². The van der Waals surface area contributed by atoms with Gasteiger partial charge in [-0.3, -0.25) is 9.59 Å². The van der Waals surface area contributed by atoms with E-state index in [1.54, 1.807) is 0 Å². The van der Waals surface area contributed by atoms with Crippen LogP contribution in [0.1, 0.15) is 6.42 Å². The molecule has 1 rings (SSSR count). The van der Waals surface area contributed by atoms with E-state index in [1.807, 2.05) is 5.32 Å². The van der Waals surface area contributed by atoms with Crippen LogP contribution in [0.4, 0.5) is 0 Å². The molecule has 10 heavy (non-hydrogen) atoms. The molecule has 54 valence electrons. The molecule has 0 unspecified atom stereocenters. The van der Waals surface area contributed by atoms with Crippen molar-refractivity contribution in [1.29, 1.82) is 0 Å². The Balaban J connectivity index is 2.76. The molecule has 0 saturated carbocycles. The van der Waals surface area contributed by atoms with Crippen molar-refractivity contribution in [1.82, 2.24) is 10.4 Å². The average molecular weight is 159 g/mol. The summed E-state index contributed by atoms with van der Waals surface area (Å²) in [5.41, 5.74) is 0. The van der Waals surface area contributed by atoms with Gasteiger partial charge in [-0.15, -0.1) is 0 Å². The van der Waals surface area contributed by atoms with Crippen molar-refractivity contribution in [3.05, 3.63) is 5.21 Å². The molecule has 0 bridgehead atoms. The molecule has 6 heteroatoms. The number of carbonyl (C=O) groups is 2. The predicted octanol–water partition coefficient (Wildman–Crippen LogP) is -0.882. The van der Waals surface area contributed by atoms with E-state index in [4.69, 9.17) is 0 Å². The number of thiocarbonyl (C=S) groups is 1. The van der Waals surface area contributed by atoms with Gasteiger partial charge in [0.2, 0.25) is 11.8 Å². The zero-order valence-corrected chi connectivity index (χ0v) is 5.60. The first-order chi connectivity index (χ1) is 4.61. The maximum Gasteiger partial charge on any atom is 0.235 e. The van der Waals surface area contributed by atoms with Crippen molar-refractivity contribution in [2.45, 2.75) is 6.42 Å². The van der Waals surface area contributed by atoms with Gasteiger partial charge >= 0.3 is 0 Å². The van der Waals surface area contributed by atoms with E-state index in [-0.39, 0.29) is 10.2 Å². The van der Waals surface area contributed by atoms with E-state index in [9.17, 15) is 14.8 Å². The summed E-state index contributed by atoms with van der Waals surface area (Å²) < 4.78 is 0. The highest BCUT2D eigenvalue weighted by atomic mass is 32.1. The zero-order valence-electron chi connectivity index (χ0n) is 4.79. The van der Waals surface area contributed by atoms with Gasteiger partial charge < -0.3 is 15.6 Å². The quantitative estimate of drug-likeness (QED) is 0.368. The van der Waals surface area contributed by atoms with Gasteiger partial charge in [0.15, 0.2) is 5.11 Å². The van der Waals surface area contributed by atoms with E-state index in [2.05, 4.69) is 12.2 Å². The Bertz CT molecular complexity index is 195. The number of hydrogen-bond donors (Lipinski definition) is 1. The maximum absolute atomic E-state index is 10.5. The van der Waals surface area contributed by atoms with E-state index < -0.39 is 18.2 Å². The number of nitrogens with one attached hydrogen (secondary N) is 1. The topological polar surface area (TPSA) is 72.5 Å². The summed E-state index contributed by atoms with van der Waals surface area (Å²) in [4.78, 5) is 20.9. The first-order valence-electron chi connectivity index (χ1n) is 2.45. The zero-order chi connectivity index (χ0) is 7.72. The van der Waals surface area contributed by atoms with Crippen LogP contribution in [0.25, 0.3) is 0 Å². The molecule has 0 aromatic heterocycles. The standard InChI is InChI=1S/C4H3N2O3S/c7-2-1-3(8)6(9)4(10)5-2/h1H2,(H,5,7,10)/q-1. The molecule has 0 spiro atoms. The summed E-state index contributed by atoms with van der Waals surface area (Å²) in [6.07, 6.45) is -0.413. The Morgan fingerprint density at radius 3 is 2.70 bits per heavy atom. The molecule has 1 fully saturated rings. The molecular weight excluding hydrogens is 156 g/mol. The second kappa shape index (κ2) is 2.31. The van der Waals surface area contributed by atoms with Gasteiger partial charge in [0, 0.05) is 0 Å². The summed E-state index contributed by atoms with van der Waals surface area (Å²) in [5, 5.41) is 12.1. The molecule has 1 aliphatic heterocycles. The van der Waals surface area contributed by atoms with Crippen LogP contribution in [0.3, 0.4) is 0 Å². The summed E-state index contributed by atoms with van der Waals surface area (Å²) in [7, 11) is 0. The van der Waals surface area contributed by atoms with Crippen LogP contribution in [0.2, 0.25) is 0 Å². The predicted molar refractivity (Wildman–Crippen MR) is 35.6 cm³/mol. The van der Waals surface area contributed by atoms with E-state index in [0.717, 1.165) is 0 Å². The number of rotatable bonds is 0. The van der Waals surface area contributed by atoms with E-state index in [0.29, 0.717) is 0 Å². The fourth-order valence-corrected chi connectivity index (χ4v) is 0.752. The van der Waals surface area contributed by atoms with Crippen molar-refractivity contribution in [2.75, 3.05) is 0 Å². The number of amides is 2. The third kappa shape index (κ3) is 1.12. The molecular formula is C4H3N2O3S-. The second-order valence-corrected chi connectivity index (χ2v) is 2.10. The van der Waals surface area contributed by atoms with Crippen molar-refractivity contribution in [2.24, 2.45) is 0 Å². The van der Waals surface area contributed by atoms with Gasteiger partial charge in [0.25, 0.3) is 0 Å². The molecule has 5 nitrogen and oxygen atoms in total. The Morgan fingerprint density at radius 2 is 2.20 bits per heavy atom. The van der Waals surface area contributed by atoms with Crippen LogP contribution < -0.4 is 5.32 Å². The maximum atomic E-state index is 10.5. The molecule has 1 aliphatic rings. The van der Waals surface area contributed by atoms with Gasteiger partial charge in [-0.05, 0) is 12.2 Å². The first-order valence-corrected chi connectivity index (χ1v) is 2.86. The van der Waals surface area contributed by atoms with Crippen molar-refractivity contribution in [3.8, 4) is 0 Å². The minimum Gasteiger partial charge on any atom is -0.750 e. The largest absolute Gasteiger partial charge is 0.750 e. The highest BCUT2D eigenvalue weighted by molar-refractivity contribution is 7.80. The molecule has 2 amide bonds. The summed E-state index contributed by atoms with van der Waals surface area (Å²) in [5.74, 6) is -1.34.